The van der Waals surface area contributed by atoms with E-state index >= 15 is 0 Å². The molecule has 0 bridgehead atoms. The van der Waals surface area contributed by atoms with Crippen molar-refractivity contribution in [3.05, 3.63) is 51.3 Å². The van der Waals surface area contributed by atoms with Crippen LogP contribution in [0.2, 0.25) is 0 Å². The maximum atomic E-state index is 12.2. The molecule has 24 heavy (non-hydrogen) atoms. The van der Waals surface area contributed by atoms with Gasteiger partial charge in [-0.15, -0.1) is 0 Å². The maximum Gasteiger partial charge on any atom is 0.319 e. The molecule has 0 aliphatic rings. The molecule has 0 spiro atoms. The fraction of sp³-hybridized carbons (Fsp3) is 0.375. The average molecular weight is 331 g/mol. The summed E-state index contributed by atoms with van der Waals surface area (Å²) in [4.78, 5) is 22.4. The molecule has 0 fully saturated rings. The van der Waals surface area contributed by atoms with Crippen molar-refractivity contribution in [1.82, 2.24) is 15.1 Å². The van der Waals surface area contributed by atoms with E-state index in [9.17, 15) is 14.9 Å². The second-order valence-electron chi connectivity index (χ2n) is 5.57. The van der Waals surface area contributed by atoms with Crippen molar-refractivity contribution < 1.29 is 9.72 Å². The molecule has 8 heteroatoms. The third-order valence-corrected chi connectivity index (χ3v) is 3.96. The number of aryl methyl sites for hydroxylation is 2. The average Bonchev–Trinajstić information content (AvgIpc) is 2.78. The van der Waals surface area contributed by atoms with Gasteiger partial charge in [-0.2, -0.15) is 5.10 Å². The first-order valence-electron chi connectivity index (χ1n) is 7.65. The highest BCUT2D eigenvalue weighted by Crippen LogP contribution is 2.24. The number of aromatic nitrogens is 2. The minimum Gasteiger partial charge on any atom is -0.331 e. The van der Waals surface area contributed by atoms with Gasteiger partial charge < -0.3 is 10.6 Å². The van der Waals surface area contributed by atoms with E-state index < -0.39 is 4.92 Å². The van der Waals surface area contributed by atoms with Crippen molar-refractivity contribution in [3.63, 3.8) is 0 Å². The monoisotopic (exact) mass is 331 g/mol. The van der Waals surface area contributed by atoms with Crippen molar-refractivity contribution in [2.45, 2.75) is 33.2 Å². The third kappa shape index (κ3) is 3.70. The summed E-state index contributed by atoms with van der Waals surface area (Å²) >= 11 is 0. The van der Waals surface area contributed by atoms with E-state index in [1.165, 1.54) is 24.3 Å². The Kier molecular flexibility index (Phi) is 5.18. The van der Waals surface area contributed by atoms with Crippen LogP contribution in [0.4, 0.5) is 16.2 Å². The minimum atomic E-state index is -0.481. The van der Waals surface area contributed by atoms with Gasteiger partial charge in [0.05, 0.1) is 16.7 Å². The zero-order valence-electron chi connectivity index (χ0n) is 14.2. The summed E-state index contributed by atoms with van der Waals surface area (Å²) in [6.45, 7) is 5.87. The van der Waals surface area contributed by atoms with E-state index in [1.807, 2.05) is 27.8 Å². The Morgan fingerprint density at radius 3 is 2.42 bits per heavy atom. The van der Waals surface area contributed by atoms with Crippen LogP contribution in [0.5, 0.6) is 0 Å². The molecule has 1 aromatic carbocycles. The van der Waals surface area contributed by atoms with Crippen LogP contribution in [0, 0.1) is 24.0 Å². The molecule has 2 amide bonds. The van der Waals surface area contributed by atoms with Gasteiger partial charge in [0.25, 0.3) is 5.69 Å². The molecule has 0 aliphatic carbocycles. The number of hydrogen-bond acceptors (Lipinski definition) is 4. The lowest BCUT2D eigenvalue weighted by Gasteiger charge is -2.18. The number of nitro groups is 1. The number of rotatable bonds is 5. The number of amides is 2. The normalized spacial score (nSPS) is 11.8. The summed E-state index contributed by atoms with van der Waals surface area (Å²) < 4.78 is 1.79. The number of nitrogens with one attached hydrogen (secondary N) is 2. The molecular weight excluding hydrogens is 310 g/mol. The van der Waals surface area contributed by atoms with Gasteiger partial charge in [-0.05, 0) is 32.4 Å². The van der Waals surface area contributed by atoms with Crippen LogP contribution in [0.25, 0.3) is 0 Å². The molecule has 0 radical (unpaired) electrons. The zero-order chi connectivity index (χ0) is 17.9. The van der Waals surface area contributed by atoms with Crippen LogP contribution in [-0.2, 0) is 7.05 Å². The molecule has 8 nitrogen and oxygen atoms in total. The highest BCUT2D eigenvalue weighted by molar-refractivity contribution is 5.89. The van der Waals surface area contributed by atoms with Crippen molar-refractivity contribution in [3.8, 4) is 0 Å². The Labute approximate surface area is 140 Å². The molecular formula is C16H21N5O3. The largest absolute Gasteiger partial charge is 0.331 e. The number of hydrogen-bond donors (Lipinski definition) is 2. The molecule has 2 N–H and O–H groups in total. The summed E-state index contributed by atoms with van der Waals surface area (Å²) in [7, 11) is 1.87. The third-order valence-electron chi connectivity index (χ3n) is 3.96. The predicted molar refractivity (Wildman–Crippen MR) is 91.0 cm³/mol. The molecule has 0 aliphatic heterocycles. The molecule has 0 saturated heterocycles. The van der Waals surface area contributed by atoms with Crippen molar-refractivity contribution in [2.75, 3.05) is 5.32 Å². The smallest absolute Gasteiger partial charge is 0.319 e. The second-order valence-corrected chi connectivity index (χ2v) is 5.57. The highest BCUT2D eigenvalue weighted by atomic mass is 16.6. The van der Waals surface area contributed by atoms with Crippen LogP contribution in [-0.4, -0.2) is 20.7 Å². The van der Waals surface area contributed by atoms with Gasteiger partial charge in [-0.25, -0.2) is 4.79 Å². The van der Waals surface area contributed by atoms with Gasteiger partial charge >= 0.3 is 6.03 Å². The van der Waals surface area contributed by atoms with Gasteiger partial charge in [0, 0.05) is 36.1 Å². The molecule has 128 valence electrons. The Bertz CT molecular complexity index is 752. The zero-order valence-corrected chi connectivity index (χ0v) is 14.2. The summed E-state index contributed by atoms with van der Waals surface area (Å²) in [5, 5.41) is 20.6. The van der Waals surface area contributed by atoms with Crippen LogP contribution in [0.1, 0.15) is 36.3 Å². The molecule has 2 rings (SSSR count). The minimum absolute atomic E-state index is 0.0194. The van der Waals surface area contributed by atoms with Crippen molar-refractivity contribution in [1.29, 1.82) is 0 Å². The summed E-state index contributed by atoms with van der Waals surface area (Å²) in [5.41, 5.74) is 3.38. The van der Waals surface area contributed by atoms with E-state index in [4.69, 9.17) is 0 Å². The van der Waals surface area contributed by atoms with E-state index in [2.05, 4.69) is 15.7 Å². The summed E-state index contributed by atoms with van der Waals surface area (Å²) in [6, 6.07) is 5.18. The van der Waals surface area contributed by atoms with Gasteiger partial charge in [0.1, 0.15) is 0 Å². The number of carbonyl (C=O) groups excluding carboxylic acids is 1. The first kappa shape index (κ1) is 17.5. The Balaban J connectivity index is 2.08. The first-order chi connectivity index (χ1) is 11.3. The van der Waals surface area contributed by atoms with Crippen LogP contribution in [0.15, 0.2) is 24.3 Å². The summed E-state index contributed by atoms with van der Waals surface area (Å²) in [6.07, 6.45) is 0.723. The number of nitrogens with zero attached hydrogens (tertiary/aromatic N) is 3. The molecule has 0 saturated carbocycles. The Morgan fingerprint density at radius 2 is 1.96 bits per heavy atom. The lowest BCUT2D eigenvalue weighted by Crippen LogP contribution is -2.32. The molecule has 1 heterocycles. The van der Waals surface area contributed by atoms with E-state index in [0.29, 0.717) is 5.69 Å². The summed E-state index contributed by atoms with van der Waals surface area (Å²) in [5.74, 6) is 0. The topological polar surface area (TPSA) is 102 Å². The molecule has 2 aromatic rings. The fourth-order valence-corrected chi connectivity index (χ4v) is 2.66. The number of nitro benzene ring substituents is 1. The molecule has 1 aromatic heterocycles. The van der Waals surface area contributed by atoms with E-state index in [1.54, 1.807) is 4.68 Å². The fourth-order valence-electron chi connectivity index (χ4n) is 2.66. The number of urea groups is 1. The standard InChI is InChI=1S/C16H21N5O3/c1-5-14(15-10(2)19-20(4)11(15)3)18-16(22)17-12-6-8-13(9-7-12)21(23)24/h6-9,14H,5H2,1-4H3,(H2,17,18,22)/t14-/m1/s1. The maximum absolute atomic E-state index is 12.2. The lowest BCUT2D eigenvalue weighted by atomic mass is 10.0. The van der Waals surface area contributed by atoms with Crippen molar-refractivity contribution >= 4 is 17.4 Å². The van der Waals surface area contributed by atoms with Gasteiger partial charge in [0.15, 0.2) is 0 Å². The number of carbonyl (C=O) groups is 1. The first-order valence-corrected chi connectivity index (χ1v) is 7.65. The SMILES string of the molecule is CC[C@@H](NC(=O)Nc1ccc([N+](=O)[O-])cc1)c1c(C)nn(C)c1C. The van der Waals surface area contributed by atoms with Crippen LogP contribution in [0.3, 0.4) is 0 Å². The molecule has 1 atom stereocenters. The Hall–Kier alpha value is -2.90. The van der Waals surface area contributed by atoms with Gasteiger partial charge in [0.2, 0.25) is 0 Å². The number of anilines is 1. The molecule has 0 unspecified atom stereocenters. The lowest BCUT2D eigenvalue weighted by molar-refractivity contribution is -0.384. The van der Waals surface area contributed by atoms with Gasteiger partial charge in [-0.3, -0.25) is 14.8 Å². The number of benzene rings is 1. The van der Waals surface area contributed by atoms with Gasteiger partial charge in [-0.1, -0.05) is 6.92 Å². The quantitative estimate of drug-likeness (QED) is 0.648. The van der Waals surface area contributed by atoms with E-state index in [-0.39, 0.29) is 17.8 Å². The van der Waals surface area contributed by atoms with E-state index in [0.717, 1.165) is 23.4 Å². The van der Waals surface area contributed by atoms with Crippen LogP contribution >= 0.6 is 0 Å². The number of non-ortho nitro benzene ring substituents is 1. The Morgan fingerprint density at radius 1 is 1.33 bits per heavy atom. The predicted octanol–water partition coefficient (Wildman–Crippen LogP) is 3.22. The van der Waals surface area contributed by atoms with Crippen molar-refractivity contribution in [2.24, 2.45) is 7.05 Å². The van der Waals surface area contributed by atoms with Crippen LogP contribution < -0.4 is 10.6 Å². The highest BCUT2D eigenvalue weighted by Gasteiger charge is 2.20. The second kappa shape index (κ2) is 7.12.